The van der Waals surface area contributed by atoms with E-state index in [1.54, 1.807) is 0 Å². The molecule has 0 atom stereocenters. The molecule has 1 aromatic rings. The van der Waals surface area contributed by atoms with Crippen LogP contribution in [0, 0.1) is 0 Å². The maximum Gasteiger partial charge on any atom is 0.298 e. The molecule has 10 heteroatoms. The van der Waals surface area contributed by atoms with Gasteiger partial charge in [0.25, 0.3) is 20.2 Å². The summed E-state index contributed by atoms with van der Waals surface area (Å²) >= 11 is 0. The van der Waals surface area contributed by atoms with Crippen molar-refractivity contribution in [3.8, 4) is 0 Å². The summed E-state index contributed by atoms with van der Waals surface area (Å²) in [4.78, 5) is 21.8. The number of rotatable bonds is 2. The predicted molar refractivity (Wildman–Crippen MR) is 64.5 cm³/mol. The molecule has 0 aliphatic heterocycles. The van der Waals surface area contributed by atoms with Gasteiger partial charge in [0.2, 0.25) is 5.78 Å². The Balaban J connectivity index is 2.71. The Morgan fingerprint density at radius 1 is 0.850 bits per heavy atom. The van der Waals surface area contributed by atoms with E-state index in [-0.39, 0.29) is 11.1 Å². The second kappa shape index (κ2) is 4.31. The van der Waals surface area contributed by atoms with Crippen LogP contribution in [0.5, 0.6) is 0 Å². The zero-order valence-corrected chi connectivity index (χ0v) is 11.1. The minimum atomic E-state index is -4.87. The van der Waals surface area contributed by atoms with Gasteiger partial charge in [-0.25, -0.2) is 0 Å². The summed E-state index contributed by atoms with van der Waals surface area (Å²) in [7, 11) is -9.44. The lowest BCUT2D eigenvalue weighted by Crippen LogP contribution is -2.22. The standard InChI is InChI=1S/C10H6O8S2/c11-8-4-9(20(16,17)18)10(12)6-2-1-5(3-7(6)8)19(13,14)15/h1-4H,(H,13,14,15)(H,16,17,18). The van der Waals surface area contributed by atoms with Gasteiger partial charge in [-0.2, -0.15) is 16.8 Å². The third-order valence-electron chi connectivity index (χ3n) is 2.56. The summed E-state index contributed by atoms with van der Waals surface area (Å²) in [5, 5.41) is 0. The van der Waals surface area contributed by atoms with Crippen LogP contribution in [0.15, 0.2) is 34.1 Å². The van der Waals surface area contributed by atoms with Crippen molar-refractivity contribution in [1.29, 1.82) is 0 Å². The van der Waals surface area contributed by atoms with E-state index in [4.69, 9.17) is 9.11 Å². The Bertz CT molecular complexity index is 874. The third-order valence-corrected chi connectivity index (χ3v) is 4.27. The van der Waals surface area contributed by atoms with Crippen LogP contribution in [0.25, 0.3) is 0 Å². The van der Waals surface area contributed by atoms with Crippen molar-refractivity contribution in [1.82, 2.24) is 0 Å². The van der Waals surface area contributed by atoms with Gasteiger partial charge in [-0.05, 0) is 18.2 Å². The molecular formula is C10H6O8S2. The fourth-order valence-corrected chi connectivity index (χ4v) is 2.78. The van der Waals surface area contributed by atoms with Crippen LogP contribution in [-0.2, 0) is 20.2 Å². The topological polar surface area (TPSA) is 143 Å². The minimum absolute atomic E-state index is 0.377. The molecule has 0 saturated carbocycles. The first-order chi connectivity index (χ1) is 9.01. The molecule has 1 aliphatic carbocycles. The maximum absolute atomic E-state index is 11.8. The number of carbonyl (C=O) groups is 2. The summed E-state index contributed by atoms with van der Waals surface area (Å²) in [5.41, 5.74) is -0.755. The van der Waals surface area contributed by atoms with E-state index in [1.807, 2.05) is 0 Å². The highest BCUT2D eigenvalue weighted by Crippen LogP contribution is 2.26. The molecular weight excluding hydrogens is 312 g/mol. The molecule has 0 saturated heterocycles. The molecule has 0 radical (unpaired) electrons. The Labute approximate surface area is 113 Å². The Morgan fingerprint density at radius 2 is 1.45 bits per heavy atom. The summed E-state index contributed by atoms with van der Waals surface area (Å²) in [6, 6.07) is 2.48. The van der Waals surface area contributed by atoms with Crippen molar-refractivity contribution in [2.24, 2.45) is 0 Å². The number of ketones is 2. The molecule has 0 fully saturated rings. The van der Waals surface area contributed by atoms with E-state index in [0.29, 0.717) is 6.08 Å². The van der Waals surface area contributed by atoms with Gasteiger partial charge in [0.15, 0.2) is 5.78 Å². The molecule has 0 spiro atoms. The van der Waals surface area contributed by atoms with Crippen molar-refractivity contribution in [3.05, 3.63) is 40.3 Å². The lowest BCUT2D eigenvalue weighted by molar-refractivity contribution is 0.0989. The first kappa shape index (κ1) is 14.5. The maximum atomic E-state index is 11.8. The Kier molecular flexibility index (Phi) is 3.13. The average Bonchev–Trinajstić information content (AvgIpc) is 2.30. The molecule has 0 heterocycles. The van der Waals surface area contributed by atoms with Crippen LogP contribution in [0.2, 0.25) is 0 Å². The number of hydrogen-bond donors (Lipinski definition) is 2. The van der Waals surface area contributed by atoms with Crippen LogP contribution in [0.1, 0.15) is 20.7 Å². The highest BCUT2D eigenvalue weighted by Gasteiger charge is 2.33. The zero-order valence-electron chi connectivity index (χ0n) is 9.47. The van der Waals surface area contributed by atoms with E-state index in [0.717, 1.165) is 18.2 Å². The van der Waals surface area contributed by atoms with E-state index < -0.39 is 41.6 Å². The van der Waals surface area contributed by atoms with Gasteiger partial charge in [0, 0.05) is 17.2 Å². The quantitative estimate of drug-likeness (QED) is 0.730. The Hall–Kier alpha value is -1.88. The summed E-state index contributed by atoms with van der Waals surface area (Å²) < 4.78 is 61.5. The van der Waals surface area contributed by atoms with Gasteiger partial charge in [0.05, 0.1) is 4.90 Å². The minimum Gasteiger partial charge on any atom is -0.289 e. The van der Waals surface area contributed by atoms with Gasteiger partial charge in [-0.3, -0.25) is 18.7 Å². The SMILES string of the molecule is O=C1C=C(S(=O)(=O)O)C(=O)c2ccc(S(=O)(=O)O)cc21. The fourth-order valence-electron chi connectivity index (χ4n) is 1.67. The zero-order chi connectivity index (χ0) is 15.3. The monoisotopic (exact) mass is 318 g/mol. The van der Waals surface area contributed by atoms with Gasteiger partial charge in [-0.15, -0.1) is 0 Å². The van der Waals surface area contributed by atoms with Crippen molar-refractivity contribution in [2.45, 2.75) is 4.90 Å². The molecule has 106 valence electrons. The van der Waals surface area contributed by atoms with Gasteiger partial charge < -0.3 is 0 Å². The molecule has 0 unspecified atom stereocenters. The molecule has 0 aromatic heterocycles. The van der Waals surface area contributed by atoms with Gasteiger partial charge in [0.1, 0.15) is 4.91 Å². The number of fused-ring (bicyclic) bond motifs is 1. The lowest BCUT2D eigenvalue weighted by atomic mass is 9.95. The number of hydrogen-bond acceptors (Lipinski definition) is 6. The van der Waals surface area contributed by atoms with E-state index in [9.17, 15) is 26.4 Å². The number of benzene rings is 1. The lowest BCUT2D eigenvalue weighted by Gasteiger charge is -2.13. The van der Waals surface area contributed by atoms with E-state index in [1.165, 1.54) is 0 Å². The molecule has 1 aromatic carbocycles. The number of Topliss-reactive ketones (excluding diaryl/α,β-unsaturated/α-hetero) is 1. The van der Waals surface area contributed by atoms with Gasteiger partial charge >= 0.3 is 0 Å². The van der Waals surface area contributed by atoms with Crippen molar-refractivity contribution >= 4 is 31.8 Å². The first-order valence-corrected chi connectivity index (χ1v) is 7.79. The van der Waals surface area contributed by atoms with Crippen LogP contribution in [0.4, 0.5) is 0 Å². The average molecular weight is 318 g/mol. The second-order valence-corrected chi connectivity index (χ2v) is 6.67. The summed E-state index contributed by atoms with van der Waals surface area (Å²) in [6.45, 7) is 0. The smallest absolute Gasteiger partial charge is 0.289 e. The summed E-state index contributed by atoms with van der Waals surface area (Å²) in [6.07, 6.45) is 0.397. The number of allylic oxidation sites excluding steroid dienone is 2. The summed E-state index contributed by atoms with van der Waals surface area (Å²) in [5.74, 6) is -2.11. The number of carbonyl (C=O) groups excluding carboxylic acids is 2. The molecule has 0 amide bonds. The molecule has 2 rings (SSSR count). The predicted octanol–water partition coefficient (Wildman–Crippen LogP) is 0.0840. The largest absolute Gasteiger partial charge is 0.298 e. The van der Waals surface area contributed by atoms with E-state index in [2.05, 4.69) is 0 Å². The van der Waals surface area contributed by atoms with Crippen LogP contribution in [-0.4, -0.2) is 37.5 Å². The molecule has 2 N–H and O–H groups in total. The molecule has 0 bridgehead atoms. The molecule has 8 nitrogen and oxygen atoms in total. The van der Waals surface area contributed by atoms with Crippen LogP contribution >= 0.6 is 0 Å². The molecule has 1 aliphatic rings. The first-order valence-electron chi connectivity index (χ1n) is 4.91. The fraction of sp³-hybridized carbons (Fsp3) is 0. The van der Waals surface area contributed by atoms with Crippen LogP contribution in [0.3, 0.4) is 0 Å². The van der Waals surface area contributed by atoms with Crippen molar-refractivity contribution in [3.63, 3.8) is 0 Å². The highest BCUT2D eigenvalue weighted by molar-refractivity contribution is 7.91. The van der Waals surface area contributed by atoms with Gasteiger partial charge in [-0.1, -0.05) is 0 Å². The van der Waals surface area contributed by atoms with Crippen molar-refractivity contribution < 1.29 is 35.5 Å². The third kappa shape index (κ3) is 2.41. The normalized spacial score (nSPS) is 15.8. The van der Waals surface area contributed by atoms with E-state index >= 15 is 0 Å². The second-order valence-electron chi connectivity index (χ2n) is 3.86. The molecule has 20 heavy (non-hydrogen) atoms. The van der Waals surface area contributed by atoms with Crippen LogP contribution < -0.4 is 0 Å². The van der Waals surface area contributed by atoms with Crippen molar-refractivity contribution in [2.75, 3.05) is 0 Å². The Morgan fingerprint density at radius 3 is 1.95 bits per heavy atom. The highest BCUT2D eigenvalue weighted by atomic mass is 32.2.